The van der Waals surface area contributed by atoms with Crippen LogP contribution >= 0.6 is 11.6 Å². The fourth-order valence-electron chi connectivity index (χ4n) is 1.77. The summed E-state index contributed by atoms with van der Waals surface area (Å²) in [5.74, 6) is -2.08. The minimum absolute atomic E-state index is 0.0192. The maximum Gasteiger partial charge on any atom is 0.313 e. The number of hydrogen-bond acceptors (Lipinski definition) is 4. The summed E-state index contributed by atoms with van der Waals surface area (Å²) in [4.78, 5) is 27.6. The fraction of sp³-hybridized carbons (Fsp3) is 0.133. The number of carbonyl (C=O) groups excluding carboxylic acids is 2. The third-order valence-corrected chi connectivity index (χ3v) is 3.20. The molecule has 2 amide bonds. The van der Waals surface area contributed by atoms with Crippen LogP contribution in [0.4, 0.5) is 10.1 Å². The first-order valence-electron chi connectivity index (χ1n) is 6.53. The summed E-state index contributed by atoms with van der Waals surface area (Å²) in [5, 5.41) is 4.79. The van der Waals surface area contributed by atoms with Crippen LogP contribution in [0.1, 0.15) is 5.56 Å². The van der Waals surface area contributed by atoms with E-state index in [1.807, 2.05) is 0 Å². The number of pyridine rings is 1. The molecule has 0 aliphatic rings. The molecule has 0 atom stereocenters. The number of aromatic nitrogens is 1. The zero-order valence-electron chi connectivity index (χ0n) is 12.1. The van der Waals surface area contributed by atoms with Crippen LogP contribution in [-0.2, 0) is 16.1 Å². The molecule has 0 aliphatic heterocycles. The summed E-state index contributed by atoms with van der Waals surface area (Å²) in [5.41, 5.74) is 0.630. The molecule has 0 fully saturated rings. The van der Waals surface area contributed by atoms with Crippen LogP contribution in [0.25, 0.3) is 0 Å². The third kappa shape index (κ3) is 4.40. The van der Waals surface area contributed by atoms with Crippen molar-refractivity contribution in [2.24, 2.45) is 0 Å². The predicted molar refractivity (Wildman–Crippen MR) is 82.7 cm³/mol. The molecule has 23 heavy (non-hydrogen) atoms. The summed E-state index contributed by atoms with van der Waals surface area (Å²) in [6.45, 7) is 0.0557. The van der Waals surface area contributed by atoms with Crippen molar-refractivity contribution in [2.45, 2.75) is 6.54 Å². The van der Waals surface area contributed by atoms with Crippen molar-refractivity contribution in [1.82, 2.24) is 10.3 Å². The highest BCUT2D eigenvalue weighted by Gasteiger charge is 2.16. The molecule has 2 rings (SSSR count). The smallest absolute Gasteiger partial charge is 0.313 e. The lowest BCUT2D eigenvalue weighted by Gasteiger charge is -2.09. The Morgan fingerprint density at radius 3 is 2.83 bits per heavy atom. The fourth-order valence-corrected chi connectivity index (χ4v) is 1.94. The molecule has 2 aromatic rings. The Bertz CT molecular complexity index is 740. The number of benzene rings is 1. The minimum Gasteiger partial charge on any atom is -0.481 e. The van der Waals surface area contributed by atoms with E-state index in [4.69, 9.17) is 16.3 Å². The highest BCUT2D eigenvalue weighted by atomic mass is 35.5. The first-order chi connectivity index (χ1) is 11.0. The molecule has 0 bridgehead atoms. The Morgan fingerprint density at radius 2 is 2.09 bits per heavy atom. The van der Waals surface area contributed by atoms with Crippen LogP contribution in [0.15, 0.2) is 36.5 Å². The maximum absolute atomic E-state index is 13.1. The maximum atomic E-state index is 13.1. The number of nitrogens with one attached hydrogen (secondary N) is 2. The van der Waals surface area contributed by atoms with Gasteiger partial charge in [-0.05, 0) is 24.3 Å². The van der Waals surface area contributed by atoms with E-state index < -0.39 is 17.6 Å². The summed E-state index contributed by atoms with van der Waals surface area (Å²) in [6, 6.07) is 6.83. The number of ether oxygens (including phenoxy) is 1. The second-order valence-corrected chi connectivity index (χ2v) is 4.84. The van der Waals surface area contributed by atoms with Crippen LogP contribution in [0.5, 0.6) is 5.88 Å². The first kappa shape index (κ1) is 16.7. The molecule has 6 nitrogen and oxygen atoms in total. The Balaban J connectivity index is 1.98. The van der Waals surface area contributed by atoms with Crippen LogP contribution < -0.4 is 15.4 Å². The largest absolute Gasteiger partial charge is 0.481 e. The number of anilines is 1. The van der Waals surface area contributed by atoms with Crippen molar-refractivity contribution in [2.75, 3.05) is 12.4 Å². The molecule has 0 aliphatic carbocycles. The topological polar surface area (TPSA) is 80.3 Å². The van der Waals surface area contributed by atoms with Gasteiger partial charge in [-0.2, -0.15) is 0 Å². The molecular weight excluding hydrogens is 325 g/mol. The monoisotopic (exact) mass is 337 g/mol. The number of halogens is 2. The lowest BCUT2D eigenvalue weighted by molar-refractivity contribution is -0.136. The molecule has 0 radical (unpaired) electrons. The molecule has 1 aromatic carbocycles. The van der Waals surface area contributed by atoms with Crippen LogP contribution in [-0.4, -0.2) is 23.9 Å². The van der Waals surface area contributed by atoms with Crippen molar-refractivity contribution in [3.63, 3.8) is 0 Å². The van der Waals surface area contributed by atoms with E-state index in [0.29, 0.717) is 11.4 Å². The zero-order valence-corrected chi connectivity index (χ0v) is 12.9. The number of methoxy groups -OCH3 is 1. The normalized spacial score (nSPS) is 10.0. The van der Waals surface area contributed by atoms with E-state index in [9.17, 15) is 14.0 Å². The predicted octanol–water partition coefficient (Wildman–Crippen LogP) is 2.14. The number of carbonyl (C=O) groups is 2. The second kappa shape index (κ2) is 7.55. The average Bonchev–Trinajstić information content (AvgIpc) is 2.56. The van der Waals surface area contributed by atoms with Crippen LogP contribution in [0, 0.1) is 5.82 Å². The standard InChI is InChI=1S/C15H13ClFN3O3/c1-23-15-9(3-2-6-18-15)8-19-13(21)14(22)20-12-7-10(17)4-5-11(12)16/h2-7H,8H2,1H3,(H,19,21)(H,20,22). The lowest BCUT2D eigenvalue weighted by Crippen LogP contribution is -2.35. The molecule has 0 saturated heterocycles. The number of nitrogens with zero attached hydrogens (tertiary/aromatic N) is 1. The van der Waals surface area contributed by atoms with Crippen molar-refractivity contribution in [3.8, 4) is 5.88 Å². The summed E-state index contributed by atoms with van der Waals surface area (Å²) >= 11 is 5.82. The van der Waals surface area contributed by atoms with Crippen molar-refractivity contribution in [1.29, 1.82) is 0 Å². The van der Waals surface area contributed by atoms with Crippen molar-refractivity contribution >= 4 is 29.1 Å². The van der Waals surface area contributed by atoms with Crippen molar-refractivity contribution in [3.05, 3.63) is 52.9 Å². The highest BCUT2D eigenvalue weighted by molar-refractivity contribution is 6.41. The van der Waals surface area contributed by atoms with Gasteiger partial charge in [0, 0.05) is 18.3 Å². The number of amides is 2. The third-order valence-electron chi connectivity index (χ3n) is 2.87. The van der Waals surface area contributed by atoms with E-state index in [1.54, 1.807) is 18.3 Å². The molecule has 0 unspecified atom stereocenters. The van der Waals surface area contributed by atoms with E-state index in [1.165, 1.54) is 13.2 Å². The Hall–Kier alpha value is -2.67. The van der Waals surface area contributed by atoms with E-state index in [0.717, 1.165) is 12.1 Å². The SMILES string of the molecule is COc1ncccc1CNC(=O)C(=O)Nc1cc(F)ccc1Cl. The molecule has 0 spiro atoms. The minimum atomic E-state index is -0.958. The van der Waals surface area contributed by atoms with Crippen molar-refractivity contribution < 1.29 is 18.7 Å². The van der Waals surface area contributed by atoms with Crippen LogP contribution in [0.3, 0.4) is 0 Å². The van der Waals surface area contributed by atoms with Gasteiger partial charge in [-0.3, -0.25) is 9.59 Å². The molecule has 2 N–H and O–H groups in total. The highest BCUT2D eigenvalue weighted by Crippen LogP contribution is 2.22. The van der Waals surface area contributed by atoms with E-state index in [-0.39, 0.29) is 17.3 Å². The number of hydrogen-bond donors (Lipinski definition) is 2. The summed E-state index contributed by atoms with van der Waals surface area (Å²) < 4.78 is 18.2. The van der Waals surface area contributed by atoms with Gasteiger partial charge < -0.3 is 15.4 Å². The van der Waals surface area contributed by atoms with Crippen LogP contribution in [0.2, 0.25) is 5.02 Å². The molecule has 0 saturated carbocycles. The lowest BCUT2D eigenvalue weighted by atomic mass is 10.2. The number of rotatable bonds is 4. The van der Waals surface area contributed by atoms with Gasteiger partial charge in [-0.1, -0.05) is 17.7 Å². The summed E-state index contributed by atoms with van der Waals surface area (Å²) in [6.07, 6.45) is 1.54. The first-order valence-corrected chi connectivity index (χ1v) is 6.91. The Morgan fingerprint density at radius 1 is 1.30 bits per heavy atom. The molecule has 1 heterocycles. The second-order valence-electron chi connectivity index (χ2n) is 4.43. The van der Waals surface area contributed by atoms with Gasteiger partial charge in [0.1, 0.15) is 5.82 Å². The molecule has 8 heteroatoms. The Kier molecular flexibility index (Phi) is 5.48. The average molecular weight is 338 g/mol. The van der Waals surface area contributed by atoms with Gasteiger partial charge in [0.05, 0.1) is 17.8 Å². The van der Waals surface area contributed by atoms with Gasteiger partial charge in [-0.15, -0.1) is 0 Å². The van der Waals surface area contributed by atoms with E-state index >= 15 is 0 Å². The molecule has 1 aromatic heterocycles. The van der Waals surface area contributed by atoms with Gasteiger partial charge in [0.15, 0.2) is 0 Å². The van der Waals surface area contributed by atoms with Gasteiger partial charge in [-0.25, -0.2) is 9.37 Å². The summed E-state index contributed by atoms with van der Waals surface area (Å²) in [7, 11) is 1.45. The van der Waals surface area contributed by atoms with Gasteiger partial charge in [0.2, 0.25) is 5.88 Å². The molecule has 120 valence electrons. The molecular formula is C15H13ClFN3O3. The van der Waals surface area contributed by atoms with E-state index in [2.05, 4.69) is 15.6 Å². The quantitative estimate of drug-likeness (QED) is 0.838. The van der Waals surface area contributed by atoms with Gasteiger partial charge in [0.25, 0.3) is 0 Å². The Labute approximate surface area is 136 Å². The van der Waals surface area contributed by atoms with Gasteiger partial charge >= 0.3 is 11.8 Å². The zero-order chi connectivity index (χ0) is 16.8.